The monoisotopic (exact) mass is 576 g/mol. The molecule has 41 heavy (non-hydrogen) atoms. The molecule has 0 fully saturated rings. The summed E-state index contributed by atoms with van der Waals surface area (Å²) in [5.41, 5.74) is 2.77. The number of methoxy groups -OCH3 is 2. The quantitative estimate of drug-likeness (QED) is 0.252. The molecule has 4 rings (SSSR count). The van der Waals surface area contributed by atoms with Gasteiger partial charge in [0.25, 0.3) is 5.56 Å². The molecule has 2 N–H and O–H groups in total. The largest absolute Gasteiger partial charge is 0.497 e. The maximum Gasteiger partial charge on any atom is 0.260 e. The standard InChI is InChI=1S/C30H33ClN6O4/c1-32-30-33-18-20-15-24(23-16-22(40-4)17-25(41-5)27(23)31)29(39)37(28(20)35-30)14-12-19-8-10-21(11-9-19)34-26(38)7-6-13-36(2)3/h6-11,15-18H,12-14H2,1-5H3,(H,34,38)(H,32,33,35). The fraction of sp³-hybridized carbons (Fsp3) is 0.267. The first-order valence-corrected chi connectivity index (χ1v) is 13.3. The first-order valence-electron chi connectivity index (χ1n) is 13.0. The van der Waals surface area contributed by atoms with Crippen molar-refractivity contribution in [2.24, 2.45) is 0 Å². The lowest BCUT2D eigenvalue weighted by molar-refractivity contribution is -0.111. The van der Waals surface area contributed by atoms with Crippen molar-refractivity contribution in [1.82, 2.24) is 19.4 Å². The number of nitrogens with one attached hydrogen (secondary N) is 2. The third-order valence-electron chi connectivity index (χ3n) is 6.39. The van der Waals surface area contributed by atoms with E-state index in [1.54, 1.807) is 42.1 Å². The Bertz CT molecular complexity index is 1630. The van der Waals surface area contributed by atoms with E-state index in [1.165, 1.54) is 20.3 Å². The molecule has 214 valence electrons. The van der Waals surface area contributed by atoms with Crippen molar-refractivity contribution < 1.29 is 14.3 Å². The topological polar surface area (TPSA) is 111 Å². The predicted molar refractivity (Wildman–Crippen MR) is 163 cm³/mol. The number of carbonyl (C=O) groups excluding carboxylic acids is 1. The van der Waals surface area contributed by atoms with Crippen LogP contribution in [0, 0.1) is 0 Å². The number of benzene rings is 2. The van der Waals surface area contributed by atoms with Gasteiger partial charge in [-0.25, -0.2) is 4.98 Å². The number of aryl methyl sites for hydroxylation is 2. The number of amides is 1. The molecule has 0 radical (unpaired) electrons. The molecule has 0 spiro atoms. The summed E-state index contributed by atoms with van der Waals surface area (Å²) in [7, 11) is 8.64. The summed E-state index contributed by atoms with van der Waals surface area (Å²) in [6.45, 7) is 1.03. The average molecular weight is 577 g/mol. The van der Waals surface area contributed by atoms with Crippen molar-refractivity contribution in [3.63, 3.8) is 0 Å². The minimum Gasteiger partial charge on any atom is -0.497 e. The Balaban J connectivity index is 1.66. The number of nitrogens with zero attached hydrogens (tertiary/aromatic N) is 4. The Hall–Kier alpha value is -4.41. The molecule has 2 aromatic carbocycles. The fourth-order valence-corrected chi connectivity index (χ4v) is 4.55. The van der Waals surface area contributed by atoms with E-state index >= 15 is 0 Å². The number of fused-ring (bicyclic) bond motifs is 1. The number of pyridine rings is 1. The summed E-state index contributed by atoms with van der Waals surface area (Å²) in [6.07, 6.45) is 5.54. The van der Waals surface area contributed by atoms with Gasteiger partial charge in [-0.1, -0.05) is 29.8 Å². The Morgan fingerprint density at radius 3 is 2.51 bits per heavy atom. The zero-order valence-electron chi connectivity index (χ0n) is 23.7. The molecule has 1 amide bonds. The molecule has 0 atom stereocenters. The molecule has 4 aromatic rings. The summed E-state index contributed by atoms with van der Waals surface area (Å²) in [5.74, 6) is 1.12. The smallest absolute Gasteiger partial charge is 0.260 e. The molecule has 2 aromatic heterocycles. The van der Waals surface area contributed by atoms with Crippen LogP contribution in [0.15, 0.2) is 65.6 Å². The molecule has 0 aliphatic carbocycles. The van der Waals surface area contributed by atoms with Gasteiger partial charge in [0.2, 0.25) is 11.9 Å². The average Bonchev–Trinajstić information content (AvgIpc) is 2.97. The molecule has 2 heterocycles. The highest BCUT2D eigenvalue weighted by atomic mass is 35.5. The highest BCUT2D eigenvalue weighted by Gasteiger charge is 2.19. The first kappa shape index (κ1) is 29.6. The molecular weight excluding hydrogens is 544 g/mol. The number of hydrogen-bond donors (Lipinski definition) is 2. The van der Waals surface area contributed by atoms with Crippen LogP contribution in [0.4, 0.5) is 11.6 Å². The van der Waals surface area contributed by atoms with E-state index < -0.39 is 0 Å². The van der Waals surface area contributed by atoms with Crippen LogP contribution in [0.2, 0.25) is 5.02 Å². The van der Waals surface area contributed by atoms with Crippen LogP contribution in [0.25, 0.3) is 22.2 Å². The van der Waals surface area contributed by atoms with Crippen LogP contribution in [0.1, 0.15) is 5.56 Å². The van der Waals surface area contributed by atoms with Crippen molar-refractivity contribution in [2.45, 2.75) is 13.0 Å². The Labute approximate surface area is 243 Å². The zero-order valence-corrected chi connectivity index (χ0v) is 24.5. The van der Waals surface area contributed by atoms with E-state index in [0.717, 1.165) is 5.56 Å². The second kappa shape index (κ2) is 13.3. The predicted octanol–water partition coefficient (Wildman–Crippen LogP) is 4.47. The van der Waals surface area contributed by atoms with Crippen molar-refractivity contribution in [3.8, 4) is 22.6 Å². The van der Waals surface area contributed by atoms with Crippen LogP contribution >= 0.6 is 11.6 Å². The highest BCUT2D eigenvalue weighted by Crippen LogP contribution is 2.38. The Kier molecular flexibility index (Phi) is 9.59. The maximum absolute atomic E-state index is 13.9. The molecule has 0 unspecified atom stereocenters. The number of hydrogen-bond acceptors (Lipinski definition) is 8. The summed E-state index contributed by atoms with van der Waals surface area (Å²) in [5, 5.41) is 6.77. The SMILES string of the molecule is CNc1ncc2cc(-c3cc(OC)cc(OC)c3Cl)c(=O)n(CCc3ccc(NC(=O)C=CCN(C)C)cc3)c2n1. The van der Waals surface area contributed by atoms with Crippen molar-refractivity contribution in [1.29, 1.82) is 0 Å². The molecule has 11 heteroatoms. The lowest BCUT2D eigenvalue weighted by atomic mass is 10.0. The van der Waals surface area contributed by atoms with Crippen LogP contribution in [-0.4, -0.2) is 67.2 Å². The molecule has 0 bridgehead atoms. The van der Waals surface area contributed by atoms with Crippen LogP contribution in [-0.2, 0) is 17.8 Å². The lowest BCUT2D eigenvalue weighted by Crippen LogP contribution is -2.24. The van der Waals surface area contributed by atoms with E-state index in [1.807, 2.05) is 43.3 Å². The lowest BCUT2D eigenvalue weighted by Gasteiger charge is -2.16. The van der Waals surface area contributed by atoms with E-state index in [2.05, 4.69) is 20.6 Å². The van der Waals surface area contributed by atoms with E-state index in [0.29, 0.717) is 69.8 Å². The maximum atomic E-state index is 13.9. The number of halogens is 1. The van der Waals surface area contributed by atoms with Gasteiger partial charge in [-0.2, -0.15) is 4.98 Å². The van der Waals surface area contributed by atoms with E-state index in [-0.39, 0.29) is 11.5 Å². The molecule has 0 aliphatic heterocycles. The molecule has 10 nitrogen and oxygen atoms in total. The second-order valence-corrected chi connectivity index (χ2v) is 9.91. The van der Waals surface area contributed by atoms with Gasteiger partial charge in [0.05, 0.1) is 19.2 Å². The van der Waals surface area contributed by atoms with E-state index in [9.17, 15) is 9.59 Å². The second-order valence-electron chi connectivity index (χ2n) is 9.53. The third kappa shape index (κ3) is 7.03. The van der Waals surface area contributed by atoms with Gasteiger partial charge >= 0.3 is 0 Å². The summed E-state index contributed by atoms with van der Waals surface area (Å²) in [4.78, 5) is 37.0. The van der Waals surface area contributed by atoms with Gasteiger partial charge in [0.1, 0.15) is 17.1 Å². The van der Waals surface area contributed by atoms with Gasteiger partial charge in [-0.3, -0.25) is 14.2 Å². The van der Waals surface area contributed by atoms with Crippen molar-refractivity contribution >= 4 is 40.2 Å². The Morgan fingerprint density at radius 2 is 1.85 bits per heavy atom. The van der Waals surface area contributed by atoms with Gasteiger partial charge in [-0.05, 0) is 50.3 Å². The van der Waals surface area contributed by atoms with Crippen LogP contribution in [0.5, 0.6) is 11.5 Å². The van der Waals surface area contributed by atoms with Gasteiger partial charge in [-0.15, -0.1) is 0 Å². The zero-order chi connectivity index (χ0) is 29.5. The van der Waals surface area contributed by atoms with Crippen LogP contribution in [0.3, 0.4) is 0 Å². The van der Waals surface area contributed by atoms with Gasteiger partial charge < -0.3 is 25.0 Å². The Morgan fingerprint density at radius 1 is 1.10 bits per heavy atom. The summed E-state index contributed by atoms with van der Waals surface area (Å²) >= 11 is 6.65. The minimum absolute atomic E-state index is 0.192. The number of anilines is 2. The van der Waals surface area contributed by atoms with Crippen LogP contribution < -0.4 is 25.7 Å². The highest BCUT2D eigenvalue weighted by molar-refractivity contribution is 6.35. The van der Waals surface area contributed by atoms with Crippen molar-refractivity contribution in [3.05, 3.63) is 81.8 Å². The number of rotatable bonds is 11. The fourth-order valence-electron chi connectivity index (χ4n) is 4.26. The van der Waals surface area contributed by atoms with E-state index in [4.69, 9.17) is 21.1 Å². The molecule has 0 aliphatic rings. The number of ether oxygens (including phenoxy) is 2. The third-order valence-corrected chi connectivity index (χ3v) is 6.78. The molecule has 0 saturated heterocycles. The number of aromatic nitrogens is 3. The number of carbonyl (C=O) groups is 1. The van der Waals surface area contributed by atoms with Crippen molar-refractivity contribution in [2.75, 3.05) is 52.5 Å². The van der Waals surface area contributed by atoms with Gasteiger partial charge in [0, 0.05) is 60.7 Å². The molecule has 0 saturated carbocycles. The first-order chi connectivity index (χ1) is 19.7. The molecular formula is C30H33ClN6O4. The van der Waals surface area contributed by atoms with Gasteiger partial charge in [0.15, 0.2) is 0 Å². The number of likely N-dealkylation sites (N-methyl/N-ethyl adjacent to an activating group) is 1. The summed E-state index contributed by atoms with van der Waals surface area (Å²) < 4.78 is 12.5. The normalized spacial score (nSPS) is 11.3. The summed E-state index contributed by atoms with van der Waals surface area (Å²) in [6, 6.07) is 12.6. The minimum atomic E-state index is -0.260.